The molecule has 1 heterocycles. The Labute approximate surface area is 118 Å². The third-order valence-corrected chi connectivity index (χ3v) is 2.57. The zero-order chi connectivity index (χ0) is 16.5. The zero-order valence-electron chi connectivity index (χ0n) is 10.5. The molecule has 11 heteroatoms. The Morgan fingerprint density at radius 2 is 1.86 bits per heavy atom. The van der Waals surface area contributed by atoms with Crippen molar-refractivity contribution in [2.45, 2.75) is 6.18 Å². The highest BCUT2D eigenvalue weighted by molar-refractivity contribution is 5.60. The second kappa shape index (κ2) is 5.35. The predicted octanol–water partition coefficient (Wildman–Crippen LogP) is 1.34. The van der Waals surface area contributed by atoms with Crippen LogP contribution < -0.4 is 16.7 Å². The molecule has 0 saturated carbocycles. The highest BCUT2D eigenvalue weighted by Crippen LogP contribution is 2.26. The second-order valence-electron chi connectivity index (χ2n) is 4.05. The molecule has 0 unspecified atom stereocenters. The van der Waals surface area contributed by atoms with Crippen LogP contribution in [0.4, 0.5) is 24.5 Å². The summed E-state index contributed by atoms with van der Waals surface area (Å²) in [6, 6.07) is 5.21. The quantitative estimate of drug-likeness (QED) is 0.656. The molecule has 2 aromatic rings. The third kappa shape index (κ3) is 2.97. The molecule has 0 bridgehead atoms. The minimum atomic E-state index is -4.89. The standard InChI is InChI=1S/C11H7F3N4O4/c12-11(13,14)8-5-9(19)17(10(20)15-8)16-6-3-1-2-4-7(6)18(21)22/h1-5,16H,(H,15,20). The third-order valence-electron chi connectivity index (χ3n) is 2.57. The number of halogens is 3. The molecule has 2 N–H and O–H groups in total. The van der Waals surface area contributed by atoms with E-state index in [1.165, 1.54) is 23.2 Å². The lowest BCUT2D eigenvalue weighted by molar-refractivity contribution is -0.384. The first kappa shape index (κ1) is 15.3. The van der Waals surface area contributed by atoms with Crippen LogP contribution in [0.1, 0.15) is 5.69 Å². The van der Waals surface area contributed by atoms with Crippen molar-refractivity contribution in [3.63, 3.8) is 0 Å². The van der Waals surface area contributed by atoms with Crippen LogP contribution in [0, 0.1) is 10.1 Å². The van der Waals surface area contributed by atoms with Crippen molar-refractivity contribution in [3.8, 4) is 0 Å². The van der Waals surface area contributed by atoms with E-state index in [4.69, 9.17) is 0 Å². The molecule has 0 amide bonds. The van der Waals surface area contributed by atoms with Crippen molar-refractivity contribution in [1.29, 1.82) is 0 Å². The number of H-pyrrole nitrogens is 1. The molecule has 0 spiro atoms. The van der Waals surface area contributed by atoms with Gasteiger partial charge in [0.05, 0.1) is 4.92 Å². The van der Waals surface area contributed by atoms with Crippen molar-refractivity contribution >= 4 is 11.4 Å². The van der Waals surface area contributed by atoms with Crippen LogP contribution in [0.5, 0.6) is 0 Å². The summed E-state index contributed by atoms with van der Waals surface area (Å²) in [7, 11) is 0. The SMILES string of the molecule is O=c1cc(C(F)(F)F)[nH]c(=O)n1Nc1ccccc1[N+](=O)[O-]. The smallest absolute Gasteiger partial charge is 0.301 e. The summed E-state index contributed by atoms with van der Waals surface area (Å²) in [5.74, 6) is 0. The summed E-state index contributed by atoms with van der Waals surface area (Å²) in [5, 5.41) is 10.8. The van der Waals surface area contributed by atoms with Crippen molar-refractivity contribution in [2.24, 2.45) is 0 Å². The molecule has 0 atom stereocenters. The Kier molecular flexibility index (Phi) is 3.72. The van der Waals surface area contributed by atoms with E-state index in [1.807, 2.05) is 0 Å². The molecule has 2 rings (SSSR count). The molecule has 0 aliphatic carbocycles. The number of nitrogens with one attached hydrogen (secondary N) is 2. The van der Waals surface area contributed by atoms with Gasteiger partial charge in [-0.25, -0.2) is 4.79 Å². The Morgan fingerprint density at radius 1 is 1.23 bits per heavy atom. The largest absolute Gasteiger partial charge is 0.431 e. The number of hydrogen-bond donors (Lipinski definition) is 2. The minimum absolute atomic E-state index is 0.170. The fourth-order valence-corrected chi connectivity index (χ4v) is 1.60. The number of nitrogens with zero attached hydrogens (tertiary/aromatic N) is 2. The van der Waals surface area contributed by atoms with Gasteiger partial charge in [0.1, 0.15) is 11.4 Å². The summed E-state index contributed by atoms with van der Waals surface area (Å²) < 4.78 is 37.6. The molecule has 0 fully saturated rings. The first-order valence-electron chi connectivity index (χ1n) is 5.64. The maximum absolute atomic E-state index is 12.4. The summed E-state index contributed by atoms with van der Waals surface area (Å²) in [5.41, 5.74) is -2.78. The van der Waals surface area contributed by atoms with E-state index in [1.54, 1.807) is 0 Å². The van der Waals surface area contributed by atoms with Gasteiger partial charge in [0.15, 0.2) is 0 Å². The van der Waals surface area contributed by atoms with Crippen LogP contribution in [0.15, 0.2) is 39.9 Å². The number of aromatic amines is 1. The number of hydrogen-bond acceptors (Lipinski definition) is 5. The Balaban J connectivity index is 2.51. The van der Waals surface area contributed by atoms with Crippen molar-refractivity contribution in [2.75, 3.05) is 5.43 Å². The lowest BCUT2D eigenvalue weighted by atomic mass is 10.3. The average molecular weight is 316 g/mol. The lowest BCUT2D eigenvalue weighted by Crippen LogP contribution is -2.41. The number of anilines is 1. The normalized spacial score (nSPS) is 11.2. The van der Waals surface area contributed by atoms with Crippen LogP contribution in [0.3, 0.4) is 0 Å². The molecule has 116 valence electrons. The van der Waals surface area contributed by atoms with Gasteiger partial charge in [-0.05, 0) is 6.07 Å². The van der Waals surface area contributed by atoms with Crippen molar-refractivity contribution in [3.05, 3.63) is 67.0 Å². The van der Waals surface area contributed by atoms with E-state index in [0.717, 1.165) is 6.07 Å². The first-order chi connectivity index (χ1) is 10.2. The minimum Gasteiger partial charge on any atom is -0.301 e. The summed E-state index contributed by atoms with van der Waals surface area (Å²) >= 11 is 0. The van der Waals surface area contributed by atoms with Gasteiger partial charge in [-0.15, -0.1) is 0 Å². The number of nitro benzene ring substituents is 1. The number of alkyl halides is 3. The second-order valence-corrected chi connectivity index (χ2v) is 4.05. The van der Waals surface area contributed by atoms with Gasteiger partial charge in [-0.3, -0.25) is 20.3 Å². The molecule has 0 radical (unpaired) electrons. The number of para-hydroxylation sites is 2. The number of aromatic nitrogens is 2. The number of nitro groups is 1. The summed E-state index contributed by atoms with van der Waals surface area (Å²) in [6.45, 7) is 0. The van der Waals surface area contributed by atoms with E-state index in [-0.39, 0.29) is 16.4 Å². The van der Waals surface area contributed by atoms with Gasteiger partial charge in [0, 0.05) is 12.1 Å². The van der Waals surface area contributed by atoms with Crippen LogP contribution in [0.2, 0.25) is 0 Å². The fourth-order valence-electron chi connectivity index (χ4n) is 1.60. The molecule has 1 aromatic heterocycles. The van der Waals surface area contributed by atoms with E-state index in [2.05, 4.69) is 5.43 Å². The Bertz CT molecular complexity index is 809. The molecule has 8 nitrogen and oxygen atoms in total. The van der Waals surface area contributed by atoms with Crippen LogP contribution in [-0.4, -0.2) is 14.6 Å². The van der Waals surface area contributed by atoms with E-state index in [9.17, 15) is 32.9 Å². The van der Waals surface area contributed by atoms with E-state index in [0.29, 0.717) is 0 Å². The first-order valence-corrected chi connectivity index (χ1v) is 5.64. The molecular weight excluding hydrogens is 309 g/mol. The van der Waals surface area contributed by atoms with Gasteiger partial charge in [0.2, 0.25) is 0 Å². The molecule has 1 aromatic carbocycles. The predicted molar refractivity (Wildman–Crippen MR) is 68.4 cm³/mol. The highest BCUT2D eigenvalue weighted by Gasteiger charge is 2.33. The van der Waals surface area contributed by atoms with Gasteiger partial charge in [0.25, 0.3) is 11.2 Å². The number of benzene rings is 1. The van der Waals surface area contributed by atoms with Crippen LogP contribution in [0.25, 0.3) is 0 Å². The molecule has 0 aliphatic rings. The molecule has 22 heavy (non-hydrogen) atoms. The van der Waals surface area contributed by atoms with E-state index < -0.39 is 33.7 Å². The average Bonchev–Trinajstić information content (AvgIpc) is 2.41. The monoisotopic (exact) mass is 316 g/mol. The topological polar surface area (TPSA) is 110 Å². The van der Waals surface area contributed by atoms with Gasteiger partial charge < -0.3 is 4.98 Å². The van der Waals surface area contributed by atoms with Gasteiger partial charge in [-0.2, -0.15) is 17.8 Å². The maximum atomic E-state index is 12.4. The molecule has 0 saturated heterocycles. The maximum Gasteiger partial charge on any atom is 0.431 e. The van der Waals surface area contributed by atoms with Crippen LogP contribution >= 0.6 is 0 Å². The van der Waals surface area contributed by atoms with Crippen LogP contribution in [-0.2, 0) is 6.18 Å². The van der Waals surface area contributed by atoms with Crippen molar-refractivity contribution < 1.29 is 18.1 Å². The van der Waals surface area contributed by atoms with E-state index >= 15 is 0 Å². The van der Waals surface area contributed by atoms with Gasteiger partial charge >= 0.3 is 11.9 Å². The Hall–Kier alpha value is -3.11. The molecule has 0 aliphatic heterocycles. The zero-order valence-corrected chi connectivity index (χ0v) is 10.5. The summed E-state index contributed by atoms with van der Waals surface area (Å²) in [4.78, 5) is 34.7. The molecular formula is C11H7F3N4O4. The summed E-state index contributed by atoms with van der Waals surface area (Å²) in [6.07, 6.45) is -4.89. The Morgan fingerprint density at radius 3 is 2.41 bits per heavy atom. The number of rotatable bonds is 3. The van der Waals surface area contributed by atoms with Crippen molar-refractivity contribution in [1.82, 2.24) is 9.66 Å². The lowest BCUT2D eigenvalue weighted by Gasteiger charge is -2.10. The fraction of sp³-hybridized carbons (Fsp3) is 0.0909. The highest BCUT2D eigenvalue weighted by atomic mass is 19.4. The van der Waals surface area contributed by atoms with Gasteiger partial charge in [-0.1, -0.05) is 12.1 Å².